The fourth-order valence-electron chi connectivity index (χ4n) is 3.00. The van der Waals surface area contributed by atoms with Crippen LogP contribution in [0.4, 0.5) is 0 Å². The number of aliphatic carboxylic acids is 1. The van der Waals surface area contributed by atoms with E-state index >= 15 is 0 Å². The first-order valence-electron chi connectivity index (χ1n) is 6.45. The summed E-state index contributed by atoms with van der Waals surface area (Å²) in [6, 6.07) is 5.81. The largest absolute Gasteiger partial charge is 0.497 e. The first kappa shape index (κ1) is 12.1. The summed E-state index contributed by atoms with van der Waals surface area (Å²) in [6.45, 7) is 0. The van der Waals surface area contributed by atoms with Crippen LogP contribution in [-0.2, 0) is 17.3 Å². The van der Waals surface area contributed by atoms with Crippen LogP contribution < -0.4 is 4.74 Å². The number of hydrogen-bond donors (Lipinski definition) is 1. The maximum absolute atomic E-state index is 11.6. The van der Waals surface area contributed by atoms with Gasteiger partial charge in [0.15, 0.2) is 0 Å². The van der Waals surface area contributed by atoms with Crippen LogP contribution in [0.25, 0.3) is 10.9 Å². The van der Waals surface area contributed by atoms with Crippen molar-refractivity contribution in [1.29, 1.82) is 0 Å². The number of rotatable bonds is 3. The minimum atomic E-state index is -0.706. The Kier molecular flexibility index (Phi) is 2.55. The number of carboxylic acid groups (broad SMARTS) is 1. The Morgan fingerprint density at radius 3 is 2.68 bits per heavy atom. The van der Waals surface area contributed by atoms with Gasteiger partial charge in [-0.05, 0) is 30.5 Å². The summed E-state index contributed by atoms with van der Waals surface area (Å²) < 4.78 is 7.21. The Bertz CT molecular complexity index is 653. The van der Waals surface area contributed by atoms with Gasteiger partial charge < -0.3 is 14.4 Å². The van der Waals surface area contributed by atoms with Crippen molar-refractivity contribution in [3.05, 3.63) is 30.0 Å². The Morgan fingerprint density at radius 1 is 1.42 bits per heavy atom. The number of aryl methyl sites for hydroxylation is 1. The summed E-state index contributed by atoms with van der Waals surface area (Å²) in [7, 11) is 3.58. The highest BCUT2D eigenvalue weighted by Gasteiger charge is 2.47. The number of hydrogen-bond acceptors (Lipinski definition) is 2. The van der Waals surface area contributed by atoms with Crippen molar-refractivity contribution >= 4 is 16.9 Å². The summed E-state index contributed by atoms with van der Waals surface area (Å²) in [6.07, 6.45) is 4.40. The van der Waals surface area contributed by atoms with Gasteiger partial charge in [0, 0.05) is 24.7 Å². The van der Waals surface area contributed by atoms with Crippen molar-refractivity contribution in [2.45, 2.75) is 24.7 Å². The van der Waals surface area contributed by atoms with Crippen LogP contribution >= 0.6 is 0 Å². The number of benzene rings is 1. The molecule has 3 rings (SSSR count). The summed E-state index contributed by atoms with van der Waals surface area (Å²) >= 11 is 0. The monoisotopic (exact) mass is 259 g/mol. The van der Waals surface area contributed by atoms with Gasteiger partial charge in [0.2, 0.25) is 0 Å². The third-order valence-corrected chi connectivity index (χ3v) is 4.33. The zero-order valence-electron chi connectivity index (χ0n) is 11.1. The predicted octanol–water partition coefficient (Wildman–Crippen LogP) is 2.69. The van der Waals surface area contributed by atoms with Crippen LogP contribution in [0.15, 0.2) is 24.4 Å². The number of fused-ring (bicyclic) bond motifs is 1. The van der Waals surface area contributed by atoms with Crippen LogP contribution in [0.2, 0.25) is 0 Å². The second-order valence-electron chi connectivity index (χ2n) is 5.28. The number of carbonyl (C=O) groups is 1. The lowest BCUT2D eigenvalue weighted by Gasteiger charge is -2.37. The topological polar surface area (TPSA) is 51.5 Å². The molecule has 1 aromatic carbocycles. The second kappa shape index (κ2) is 4.02. The number of carboxylic acids is 1. The SMILES string of the molecule is COc1ccc2c(C3(C(=O)O)CCC3)cn(C)c2c1. The molecule has 0 saturated heterocycles. The smallest absolute Gasteiger partial charge is 0.314 e. The molecule has 1 saturated carbocycles. The van der Waals surface area contributed by atoms with Crippen LogP contribution in [0, 0.1) is 0 Å². The van der Waals surface area contributed by atoms with Gasteiger partial charge in [-0.25, -0.2) is 0 Å². The molecule has 4 nitrogen and oxygen atoms in total. The molecule has 0 radical (unpaired) electrons. The van der Waals surface area contributed by atoms with E-state index in [-0.39, 0.29) is 0 Å². The fraction of sp³-hybridized carbons (Fsp3) is 0.400. The molecule has 19 heavy (non-hydrogen) atoms. The van der Waals surface area contributed by atoms with Gasteiger partial charge in [0.1, 0.15) is 5.75 Å². The molecule has 0 amide bonds. The summed E-state index contributed by atoms with van der Waals surface area (Å²) in [5.74, 6) is 0.0836. The highest BCUT2D eigenvalue weighted by Crippen LogP contribution is 2.47. The molecule has 1 aromatic heterocycles. The summed E-state index contributed by atoms with van der Waals surface area (Å²) in [4.78, 5) is 11.6. The average Bonchev–Trinajstić information content (AvgIpc) is 2.65. The van der Waals surface area contributed by atoms with Gasteiger partial charge in [-0.15, -0.1) is 0 Å². The molecule has 100 valence electrons. The molecule has 0 bridgehead atoms. The third-order valence-electron chi connectivity index (χ3n) is 4.33. The molecule has 1 aliphatic carbocycles. The Hall–Kier alpha value is -1.97. The van der Waals surface area contributed by atoms with E-state index in [1.165, 1.54) is 0 Å². The van der Waals surface area contributed by atoms with E-state index < -0.39 is 11.4 Å². The van der Waals surface area contributed by atoms with Gasteiger partial charge in [-0.3, -0.25) is 4.79 Å². The van der Waals surface area contributed by atoms with Gasteiger partial charge in [-0.1, -0.05) is 6.42 Å². The summed E-state index contributed by atoms with van der Waals surface area (Å²) in [5, 5.41) is 10.6. The van der Waals surface area contributed by atoms with E-state index in [9.17, 15) is 9.90 Å². The van der Waals surface area contributed by atoms with Gasteiger partial charge in [0.25, 0.3) is 0 Å². The molecule has 1 fully saturated rings. The zero-order chi connectivity index (χ0) is 13.6. The van der Waals surface area contributed by atoms with Crippen molar-refractivity contribution < 1.29 is 14.6 Å². The Morgan fingerprint density at radius 2 is 2.16 bits per heavy atom. The van der Waals surface area contributed by atoms with E-state index in [1.807, 2.05) is 36.0 Å². The highest BCUT2D eigenvalue weighted by atomic mass is 16.5. The zero-order valence-corrected chi connectivity index (χ0v) is 11.1. The molecule has 2 aromatic rings. The second-order valence-corrected chi connectivity index (χ2v) is 5.28. The lowest BCUT2D eigenvalue weighted by atomic mass is 9.64. The number of nitrogens with zero attached hydrogens (tertiary/aromatic N) is 1. The molecule has 0 spiro atoms. The van der Waals surface area contributed by atoms with Crippen molar-refractivity contribution in [2.24, 2.45) is 7.05 Å². The predicted molar refractivity (Wildman–Crippen MR) is 72.6 cm³/mol. The maximum atomic E-state index is 11.6. The quantitative estimate of drug-likeness (QED) is 0.922. The molecule has 1 heterocycles. The van der Waals surface area contributed by atoms with Crippen molar-refractivity contribution in [3.8, 4) is 5.75 Å². The molecule has 0 atom stereocenters. The average molecular weight is 259 g/mol. The van der Waals surface area contributed by atoms with E-state index in [1.54, 1.807) is 7.11 Å². The van der Waals surface area contributed by atoms with E-state index in [0.717, 1.165) is 41.5 Å². The van der Waals surface area contributed by atoms with Crippen molar-refractivity contribution in [3.63, 3.8) is 0 Å². The van der Waals surface area contributed by atoms with E-state index in [4.69, 9.17) is 4.74 Å². The first-order chi connectivity index (χ1) is 9.08. The number of methoxy groups -OCH3 is 1. The third kappa shape index (κ3) is 1.56. The molecule has 0 aliphatic heterocycles. The lowest BCUT2D eigenvalue weighted by Crippen LogP contribution is -2.42. The molecule has 0 unspecified atom stereocenters. The molecule has 1 N–H and O–H groups in total. The highest BCUT2D eigenvalue weighted by molar-refractivity contribution is 5.93. The number of aromatic nitrogens is 1. The molecule has 4 heteroatoms. The number of ether oxygens (including phenoxy) is 1. The van der Waals surface area contributed by atoms with E-state index in [2.05, 4.69) is 0 Å². The fourth-order valence-corrected chi connectivity index (χ4v) is 3.00. The molecule has 1 aliphatic rings. The maximum Gasteiger partial charge on any atom is 0.314 e. The Labute approximate surface area is 111 Å². The first-order valence-corrected chi connectivity index (χ1v) is 6.45. The minimum Gasteiger partial charge on any atom is -0.497 e. The molecular formula is C15H17NO3. The van der Waals surface area contributed by atoms with Crippen molar-refractivity contribution in [2.75, 3.05) is 7.11 Å². The van der Waals surface area contributed by atoms with Crippen LogP contribution in [0.1, 0.15) is 24.8 Å². The molecular weight excluding hydrogens is 242 g/mol. The summed E-state index contributed by atoms with van der Waals surface area (Å²) in [5.41, 5.74) is 1.27. The minimum absolute atomic E-state index is 0.686. The van der Waals surface area contributed by atoms with Crippen LogP contribution in [0.5, 0.6) is 5.75 Å². The van der Waals surface area contributed by atoms with Crippen LogP contribution in [-0.4, -0.2) is 22.8 Å². The van der Waals surface area contributed by atoms with Gasteiger partial charge in [-0.2, -0.15) is 0 Å². The van der Waals surface area contributed by atoms with Gasteiger partial charge >= 0.3 is 5.97 Å². The van der Waals surface area contributed by atoms with Gasteiger partial charge in [0.05, 0.1) is 18.0 Å². The van der Waals surface area contributed by atoms with E-state index in [0.29, 0.717) is 0 Å². The Balaban J connectivity index is 2.23. The normalized spacial score (nSPS) is 17.2. The van der Waals surface area contributed by atoms with Crippen LogP contribution in [0.3, 0.4) is 0 Å². The van der Waals surface area contributed by atoms with Crippen molar-refractivity contribution in [1.82, 2.24) is 4.57 Å². The lowest BCUT2D eigenvalue weighted by molar-refractivity contribution is -0.147. The standard InChI is InChI=1S/C15H17NO3/c1-16-9-12(15(14(17)18)6-3-7-15)11-5-4-10(19-2)8-13(11)16/h4-5,8-9H,3,6-7H2,1-2H3,(H,17,18).